The summed E-state index contributed by atoms with van der Waals surface area (Å²) < 4.78 is 0. The first-order valence-electron chi connectivity index (χ1n) is 5.60. The summed E-state index contributed by atoms with van der Waals surface area (Å²) in [5, 5.41) is 9.10. The molecule has 1 aliphatic rings. The normalized spacial score (nSPS) is 21.5. The Balaban J connectivity index is 2.09. The molecule has 0 bridgehead atoms. The Morgan fingerprint density at radius 2 is 2.38 bits per heavy atom. The third-order valence-corrected chi connectivity index (χ3v) is 4.17. The van der Waals surface area contributed by atoms with Gasteiger partial charge in [0.1, 0.15) is 6.04 Å². The van der Waals surface area contributed by atoms with E-state index in [1.807, 2.05) is 0 Å². The number of nitrogens with zero attached hydrogens (tertiary/aromatic N) is 1. The SMILES string of the molecule is Cc1cc(CN2CCCC2C(=O)O)c(C)s1. The van der Waals surface area contributed by atoms with Crippen LogP contribution >= 0.6 is 11.3 Å². The van der Waals surface area contributed by atoms with Crippen LogP contribution in [-0.2, 0) is 11.3 Å². The maximum atomic E-state index is 11.1. The van der Waals surface area contributed by atoms with Crippen LogP contribution in [0, 0.1) is 13.8 Å². The fraction of sp³-hybridized carbons (Fsp3) is 0.583. The number of rotatable bonds is 3. The molecule has 0 aromatic carbocycles. The highest BCUT2D eigenvalue weighted by Crippen LogP contribution is 2.26. The summed E-state index contributed by atoms with van der Waals surface area (Å²) in [6, 6.07) is 1.90. The average Bonchev–Trinajstić information content (AvgIpc) is 2.75. The first kappa shape index (κ1) is 11.6. The van der Waals surface area contributed by atoms with Crippen LogP contribution < -0.4 is 0 Å². The molecule has 4 heteroatoms. The molecule has 88 valence electrons. The fourth-order valence-electron chi connectivity index (χ4n) is 2.35. The molecule has 0 spiro atoms. The van der Waals surface area contributed by atoms with Crippen molar-refractivity contribution in [1.29, 1.82) is 0 Å². The third kappa shape index (κ3) is 2.28. The summed E-state index contributed by atoms with van der Waals surface area (Å²) in [6.45, 7) is 5.90. The van der Waals surface area contributed by atoms with Crippen molar-refractivity contribution in [3.8, 4) is 0 Å². The number of aryl methyl sites for hydroxylation is 2. The molecule has 2 heterocycles. The van der Waals surface area contributed by atoms with Crippen molar-refractivity contribution in [2.45, 2.75) is 39.3 Å². The maximum Gasteiger partial charge on any atom is 0.320 e. The van der Waals surface area contributed by atoms with Crippen LogP contribution in [0.5, 0.6) is 0 Å². The average molecular weight is 239 g/mol. The lowest BCUT2D eigenvalue weighted by Crippen LogP contribution is -2.35. The van der Waals surface area contributed by atoms with E-state index in [4.69, 9.17) is 5.11 Å². The summed E-state index contributed by atoms with van der Waals surface area (Å²) in [5.41, 5.74) is 1.29. The fourth-order valence-corrected chi connectivity index (χ4v) is 3.29. The Morgan fingerprint density at radius 1 is 1.62 bits per heavy atom. The van der Waals surface area contributed by atoms with Gasteiger partial charge in [-0.15, -0.1) is 11.3 Å². The Hall–Kier alpha value is -0.870. The van der Waals surface area contributed by atoms with Gasteiger partial charge in [-0.25, -0.2) is 0 Å². The van der Waals surface area contributed by atoms with Crippen molar-refractivity contribution in [2.75, 3.05) is 6.54 Å². The first-order valence-corrected chi connectivity index (χ1v) is 6.42. The summed E-state index contributed by atoms with van der Waals surface area (Å²) >= 11 is 1.79. The Bertz CT molecular complexity index is 400. The van der Waals surface area contributed by atoms with E-state index in [-0.39, 0.29) is 6.04 Å². The van der Waals surface area contributed by atoms with Gasteiger partial charge in [0.2, 0.25) is 0 Å². The molecule has 1 aromatic heterocycles. The number of carbonyl (C=O) groups is 1. The highest BCUT2D eigenvalue weighted by Gasteiger charge is 2.30. The van der Waals surface area contributed by atoms with E-state index in [2.05, 4.69) is 24.8 Å². The summed E-state index contributed by atoms with van der Waals surface area (Å²) in [4.78, 5) is 15.8. The zero-order valence-corrected chi connectivity index (χ0v) is 10.5. The van der Waals surface area contributed by atoms with Crippen LogP contribution in [0.3, 0.4) is 0 Å². The molecular weight excluding hydrogens is 222 g/mol. The quantitative estimate of drug-likeness (QED) is 0.880. The number of hydrogen-bond acceptors (Lipinski definition) is 3. The Labute approximate surface area is 99.7 Å². The number of aliphatic carboxylic acids is 1. The molecular formula is C12H17NO2S. The van der Waals surface area contributed by atoms with Gasteiger partial charge in [-0.05, 0) is 44.9 Å². The number of likely N-dealkylation sites (tertiary alicyclic amines) is 1. The number of thiophene rings is 1. The topological polar surface area (TPSA) is 40.5 Å². The van der Waals surface area contributed by atoms with Crippen LogP contribution in [0.1, 0.15) is 28.2 Å². The Kier molecular flexibility index (Phi) is 3.30. The highest BCUT2D eigenvalue weighted by atomic mass is 32.1. The standard InChI is InChI=1S/C12H17NO2S/c1-8-6-10(9(2)16-8)7-13-5-3-4-11(13)12(14)15/h6,11H,3-5,7H2,1-2H3,(H,14,15). The van der Waals surface area contributed by atoms with E-state index in [9.17, 15) is 4.79 Å². The van der Waals surface area contributed by atoms with Crippen LogP contribution in [0.25, 0.3) is 0 Å². The predicted molar refractivity (Wildman–Crippen MR) is 64.9 cm³/mol. The molecule has 2 rings (SSSR count). The predicted octanol–water partition coefficient (Wildman–Crippen LogP) is 2.41. The van der Waals surface area contributed by atoms with Gasteiger partial charge in [-0.3, -0.25) is 9.69 Å². The summed E-state index contributed by atoms with van der Waals surface area (Å²) in [5.74, 6) is -0.679. The monoisotopic (exact) mass is 239 g/mol. The lowest BCUT2D eigenvalue weighted by atomic mass is 10.2. The van der Waals surface area contributed by atoms with Gasteiger partial charge >= 0.3 is 5.97 Å². The number of carboxylic acid groups (broad SMARTS) is 1. The molecule has 0 amide bonds. The molecule has 0 aliphatic carbocycles. The lowest BCUT2D eigenvalue weighted by molar-refractivity contribution is -0.142. The second-order valence-electron chi connectivity index (χ2n) is 4.41. The van der Waals surface area contributed by atoms with Crippen molar-refractivity contribution < 1.29 is 9.90 Å². The minimum absolute atomic E-state index is 0.278. The molecule has 1 unspecified atom stereocenters. The zero-order valence-electron chi connectivity index (χ0n) is 9.69. The number of hydrogen-bond donors (Lipinski definition) is 1. The lowest BCUT2D eigenvalue weighted by Gasteiger charge is -2.20. The van der Waals surface area contributed by atoms with Crippen molar-refractivity contribution in [1.82, 2.24) is 4.90 Å². The molecule has 16 heavy (non-hydrogen) atoms. The first-order chi connectivity index (χ1) is 7.58. The van der Waals surface area contributed by atoms with E-state index in [1.165, 1.54) is 15.3 Å². The molecule has 0 saturated carbocycles. The van der Waals surface area contributed by atoms with Crippen molar-refractivity contribution >= 4 is 17.3 Å². The van der Waals surface area contributed by atoms with Gasteiger partial charge in [0.15, 0.2) is 0 Å². The summed E-state index contributed by atoms with van der Waals surface area (Å²) in [6.07, 6.45) is 1.79. The molecule has 1 fully saturated rings. The van der Waals surface area contributed by atoms with E-state index >= 15 is 0 Å². The zero-order chi connectivity index (χ0) is 11.7. The van der Waals surface area contributed by atoms with Gasteiger partial charge in [0, 0.05) is 16.3 Å². The molecule has 1 saturated heterocycles. The largest absolute Gasteiger partial charge is 0.480 e. The van der Waals surface area contributed by atoms with Gasteiger partial charge in [0.05, 0.1) is 0 Å². The maximum absolute atomic E-state index is 11.1. The molecule has 1 aliphatic heterocycles. The molecule has 0 radical (unpaired) electrons. The molecule has 1 atom stereocenters. The number of carboxylic acids is 1. The molecule has 1 N–H and O–H groups in total. The van der Waals surface area contributed by atoms with E-state index in [1.54, 1.807) is 11.3 Å². The van der Waals surface area contributed by atoms with Crippen molar-refractivity contribution in [3.63, 3.8) is 0 Å². The molecule has 3 nitrogen and oxygen atoms in total. The van der Waals surface area contributed by atoms with Gasteiger partial charge in [-0.1, -0.05) is 0 Å². The Morgan fingerprint density at radius 3 is 2.94 bits per heavy atom. The van der Waals surface area contributed by atoms with E-state index < -0.39 is 5.97 Å². The van der Waals surface area contributed by atoms with Crippen LogP contribution in [0.15, 0.2) is 6.07 Å². The van der Waals surface area contributed by atoms with Gasteiger partial charge in [-0.2, -0.15) is 0 Å². The second kappa shape index (κ2) is 4.55. The van der Waals surface area contributed by atoms with Crippen molar-refractivity contribution in [3.05, 3.63) is 21.4 Å². The minimum Gasteiger partial charge on any atom is -0.480 e. The smallest absolute Gasteiger partial charge is 0.320 e. The van der Waals surface area contributed by atoms with Gasteiger partial charge in [0.25, 0.3) is 0 Å². The second-order valence-corrected chi connectivity index (χ2v) is 5.87. The van der Waals surface area contributed by atoms with E-state index in [0.717, 1.165) is 25.9 Å². The van der Waals surface area contributed by atoms with Crippen molar-refractivity contribution in [2.24, 2.45) is 0 Å². The highest BCUT2D eigenvalue weighted by molar-refractivity contribution is 7.12. The minimum atomic E-state index is -0.679. The third-order valence-electron chi connectivity index (χ3n) is 3.17. The summed E-state index contributed by atoms with van der Waals surface area (Å²) in [7, 11) is 0. The molecule has 1 aromatic rings. The van der Waals surface area contributed by atoms with Crippen LogP contribution in [-0.4, -0.2) is 28.6 Å². The van der Waals surface area contributed by atoms with Crippen LogP contribution in [0.4, 0.5) is 0 Å². The van der Waals surface area contributed by atoms with Gasteiger partial charge < -0.3 is 5.11 Å². The van der Waals surface area contributed by atoms with Crippen LogP contribution in [0.2, 0.25) is 0 Å². The van der Waals surface area contributed by atoms with E-state index in [0.29, 0.717) is 0 Å².